The molecule has 66 valence electrons. The minimum atomic E-state index is 0.241. The third-order valence-corrected chi connectivity index (χ3v) is 2.89. The lowest BCUT2D eigenvalue weighted by Gasteiger charge is -2.39. The Morgan fingerprint density at radius 1 is 1.58 bits per heavy atom. The van der Waals surface area contributed by atoms with Gasteiger partial charge in [0.05, 0.1) is 6.20 Å². The number of rotatable bonds is 3. The number of hydrogen-bond acceptors (Lipinski definition) is 3. The molecule has 2 rings (SSSR count). The highest BCUT2D eigenvalue weighted by Gasteiger charge is 2.40. The standard InChI is InChI=1S/C9H14N2O/c10-5-4-9(2-1-3-9)8-6-11-7-12-8/h6-7H,1-5,10H2. The Bertz CT molecular complexity index is 239. The lowest BCUT2D eigenvalue weighted by atomic mass is 9.65. The first-order valence-electron chi connectivity index (χ1n) is 4.46. The van der Waals surface area contributed by atoms with Crippen LogP contribution in [-0.4, -0.2) is 11.5 Å². The van der Waals surface area contributed by atoms with Crippen molar-refractivity contribution in [2.24, 2.45) is 5.73 Å². The van der Waals surface area contributed by atoms with E-state index < -0.39 is 0 Å². The van der Waals surface area contributed by atoms with Crippen LogP contribution in [0.15, 0.2) is 17.0 Å². The first kappa shape index (κ1) is 7.80. The predicted octanol–water partition coefficient (Wildman–Crippen LogP) is 1.45. The summed E-state index contributed by atoms with van der Waals surface area (Å²) in [4.78, 5) is 3.94. The van der Waals surface area contributed by atoms with Gasteiger partial charge in [-0.15, -0.1) is 0 Å². The average Bonchev–Trinajstić information content (AvgIpc) is 2.48. The van der Waals surface area contributed by atoms with Crippen LogP contribution < -0.4 is 5.73 Å². The number of nitrogens with two attached hydrogens (primary N) is 1. The molecule has 0 aliphatic heterocycles. The van der Waals surface area contributed by atoms with Crippen LogP contribution in [0.1, 0.15) is 31.4 Å². The minimum absolute atomic E-state index is 0.241. The number of hydrogen-bond donors (Lipinski definition) is 1. The number of oxazole rings is 1. The van der Waals surface area contributed by atoms with Gasteiger partial charge >= 0.3 is 0 Å². The van der Waals surface area contributed by atoms with Crippen molar-refractivity contribution in [2.75, 3.05) is 6.54 Å². The SMILES string of the molecule is NCCC1(c2cnco2)CCC1. The molecule has 1 heterocycles. The molecule has 0 saturated heterocycles. The molecule has 1 fully saturated rings. The van der Waals surface area contributed by atoms with E-state index in [2.05, 4.69) is 4.98 Å². The zero-order valence-corrected chi connectivity index (χ0v) is 7.12. The van der Waals surface area contributed by atoms with Gasteiger partial charge in [-0.25, -0.2) is 4.98 Å². The summed E-state index contributed by atoms with van der Waals surface area (Å²) in [5, 5.41) is 0. The summed E-state index contributed by atoms with van der Waals surface area (Å²) in [5.41, 5.74) is 5.81. The summed E-state index contributed by atoms with van der Waals surface area (Å²) in [6.45, 7) is 0.737. The van der Waals surface area contributed by atoms with E-state index in [9.17, 15) is 0 Å². The van der Waals surface area contributed by atoms with Crippen molar-refractivity contribution in [2.45, 2.75) is 31.1 Å². The summed E-state index contributed by atoms with van der Waals surface area (Å²) in [6.07, 6.45) is 8.07. The molecule has 0 bridgehead atoms. The lowest BCUT2D eigenvalue weighted by molar-refractivity contribution is 0.188. The highest BCUT2D eigenvalue weighted by atomic mass is 16.3. The molecule has 0 spiro atoms. The molecule has 0 aromatic carbocycles. The van der Waals surface area contributed by atoms with Crippen molar-refractivity contribution in [3.63, 3.8) is 0 Å². The monoisotopic (exact) mass is 166 g/mol. The molecule has 3 heteroatoms. The molecule has 3 nitrogen and oxygen atoms in total. The van der Waals surface area contributed by atoms with Gasteiger partial charge in [-0.3, -0.25) is 0 Å². The molecule has 1 aliphatic rings. The second-order valence-electron chi connectivity index (χ2n) is 3.54. The Labute approximate surface area is 72.0 Å². The van der Waals surface area contributed by atoms with Gasteiger partial charge in [-0.1, -0.05) is 6.42 Å². The summed E-state index contributed by atoms with van der Waals surface area (Å²) < 4.78 is 5.33. The molecule has 0 radical (unpaired) electrons. The summed E-state index contributed by atoms with van der Waals surface area (Å²) in [5.74, 6) is 1.03. The van der Waals surface area contributed by atoms with Crippen LogP contribution in [-0.2, 0) is 5.41 Å². The smallest absolute Gasteiger partial charge is 0.180 e. The second kappa shape index (κ2) is 2.90. The van der Waals surface area contributed by atoms with Crippen LogP contribution in [0.25, 0.3) is 0 Å². The molecule has 0 unspecified atom stereocenters. The molecule has 1 aromatic rings. The van der Waals surface area contributed by atoms with Crippen LogP contribution >= 0.6 is 0 Å². The Kier molecular flexibility index (Phi) is 1.89. The largest absolute Gasteiger partial charge is 0.448 e. The van der Waals surface area contributed by atoms with E-state index in [1.165, 1.54) is 25.7 Å². The molecule has 2 N–H and O–H groups in total. The molecule has 1 aromatic heterocycles. The second-order valence-corrected chi connectivity index (χ2v) is 3.54. The van der Waals surface area contributed by atoms with Gasteiger partial charge in [0.1, 0.15) is 5.76 Å². The van der Waals surface area contributed by atoms with Crippen molar-refractivity contribution >= 4 is 0 Å². The van der Waals surface area contributed by atoms with Crippen molar-refractivity contribution in [1.82, 2.24) is 4.98 Å². The third kappa shape index (κ3) is 1.05. The van der Waals surface area contributed by atoms with Crippen molar-refractivity contribution < 1.29 is 4.42 Å². The molecular weight excluding hydrogens is 152 g/mol. The Morgan fingerprint density at radius 3 is 2.83 bits per heavy atom. The summed E-state index contributed by atoms with van der Waals surface area (Å²) in [6, 6.07) is 0. The van der Waals surface area contributed by atoms with Gasteiger partial charge in [-0.05, 0) is 25.8 Å². The average molecular weight is 166 g/mol. The highest BCUT2D eigenvalue weighted by molar-refractivity contribution is 5.14. The Hall–Kier alpha value is -0.830. The number of aromatic nitrogens is 1. The number of nitrogens with zero attached hydrogens (tertiary/aromatic N) is 1. The van der Waals surface area contributed by atoms with E-state index in [-0.39, 0.29) is 5.41 Å². The van der Waals surface area contributed by atoms with E-state index >= 15 is 0 Å². The van der Waals surface area contributed by atoms with Gasteiger partial charge in [0.2, 0.25) is 0 Å². The fourth-order valence-corrected chi connectivity index (χ4v) is 1.98. The topological polar surface area (TPSA) is 52.0 Å². The van der Waals surface area contributed by atoms with E-state index in [1.54, 1.807) is 0 Å². The van der Waals surface area contributed by atoms with Gasteiger partial charge < -0.3 is 10.2 Å². The van der Waals surface area contributed by atoms with Crippen molar-refractivity contribution in [1.29, 1.82) is 0 Å². The molecule has 0 amide bonds. The van der Waals surface area contributed by atoms with Crippen LogP contribution in [0.4, 0.5) is 0 Å². The normalized spacial score (nSPS) is 20.4. The van der Waals surface area contributed by atoms with Gasteiger partial charge in [-0.2, -0.15) is 0 Å². The maximum atomic E-state index is 5.57. The first-order chi connectivity index (χ1) is 5.87. The summed E-state index contributed by atoms with van der Waals surface area (Å²) >= 11 is 0. The van der Waals surface area contributed by atoms with E-state index in [0.717, 1.165) is 18.7 Å². The first-order valence-corrected chi connectivity index (χ1v) is 4.46. The van der Waals surface area contributed by atoms with Gasteiger partial charge in [0.25, 0.3) is 0 Å². The Balaban J connectivity index is 2.17. The van der Waals surface area contributed by atoms with E-state index in [0.29, 0.717) is 0 Å². The van der Waals surface area contributed by atoms with E-state index in [1.807, 2.05) is 6.20 Å². The Morgan fingerprint density at radius 2 is 2.42 bits per heavy atom. The minimum Gasteiger partial charge on any atom is -0.448 e. The summed E-state index contributed by atoms with van der Waals surface area (Å²) in [7, 11) is 0. The van der Waals surface area contributed by atoms with Crippen LogP contribution in [0.5, 0.6) is 0 Å². The van der Waals surface area contributed by atoms with Crippen molar-refractivity contribution in [3.8, 4) is 0 Å². The van der Waals surface area contributed by atoms with Gasteiger partial charge in [0.15, 0.2) is 6.39 Å². The molecule has 1 saturated carbocycles. The molecule has 1 aliphatic carbocycles. The zero-order chi connectivity index (χ0) is 8.44. The fraction of sp³-hybridized carbons (Fsp3) is 0.667. The predicted molar refractivity (Wildman–Crippen MR) is 45.7 cm³/mol. The lowest BCUT2D eigenvalue weighted by Crippen LogP contribution is -2.35. The zero-order valence-electron chi connectivity index (χ0n) is 7.12. The van der Waals surface area contributed by atoms with Crippen LogP contribution in [0, 0.1) is 0 Å². The maximum absolute atomic E-state index is 5.57. The molecular formula is C9H14N2O. The third-order valence-electron chi connectivity index (χ3n) is 2.89. The van der Waals surface area contributed by atoms with Gasteiger partial charge in [0, 0.05) is 5.41 Å². The van der Waals surface area contributed by atoms with Crippen molar-refractivity contribution in [3.05, 3.63) is 18.4 Å². The molecule has 12 heavy (non-hydrogen) atoms. The van der Waals surface area contributed by atoms with Crippen LogP contribution in [0.2, 0.25) is 0 Å². The van der Waals surface area contributed by atoms with E-state index in [4.69, 9.17) is 10.2 Å². The fourth-order valence-electron chi connectivity index (χ4n) is 1.98. The molecule has 0 atom stereocenters. The highest BCUT2D eigenvalue weighted by Crippen LogP contribution is 2.45. The quantitative estimate of drug-likeness (QED) is 0.739. The maximum Gasteiger partial charge on any atom is 0.180 e. The van der Waals surface area contributed by atoms with Crippen LogP contribution in [0.3, 0.4) is 0 Å².